The van der Waals surface area contributed by atoms with E-state index in [1.54, 1.807) is 0 Å². The summed E-state index contributed by atoms with van der Waals surface area (Å²) < 4.78 is 37.0. The normalized spacial score (nSPS) is 14.7. The second-order valence-corrected chi connectivity index (χ2v) is 4.58. The van der Waals surface area contributed by atoms with E-state index in [9.17, 15) is 17.8 Å². The van der Waals surface area contributed by atoms with Crippen LogP contribution in [-0.2, 0) is 21.3 Å². The van der Waals surface area contributed by atoms with Crippen LogP contribution in [0.3, 0.4) is 0 Å². The number of rotatable bonds is 1. The Kier molecular flexibility index (Phi) is 4.70. The molecule has 1 aliphatic heterocycles. The largest absolute Gasteiger partial charge is 1.00 e. The molecule has 16 heavy (non-hydrogen) atoms. The summed E-state index contributed by atoms with van der Waals surface area (Å²) >= 11 is 0. The van der Waals surface area contributed by atoms with Crippen LogP contribution in [0.5, 0.6) is 5.75 Å². The van der Waals surface area contributed by atoms with Crippen molar-refractivity contribution in [3.8, 4) is 5.75 Å². The van der Waals surface area contributed by atoms with Crippen LogP contribution in [0.15, 0.2) is 23.1 Å². The summed E-state index contributed by atoms with van der Waals surface area (Å²) in [5, 5.41) is 0. The molecule has 0 unspecified atom stereocenters. The second kappa shape index (κ2) is 5.26. The van der Waals surface area contributed by atoms with E-state index in [2.05, 4.69) is 0 Å². The van der Waals surface area contributed by atoms with Gasteiger partial charge in [0.05, 0.1) is 11.3 Å². The van der Waals surface area contributed by atoms with Gasteiger partial charge in [-0.05, 0) is 30.2 Å². The molecular formula is C9H7KO5S. The Hall–Kier alpha value is 0.236. The van der Waals surface area contributed by atoms with E-state index in [0.717, 1.165) is 6.07 Å². The van der Waals surface area contributed by atoms with Crippen molar-refractivity contribution in [2.45, 2.75) is 17.7 Å². The third kappa shape index (κ3) is 3.13. The quantitative estimate of drug-likeness (QED) is 0.242. The zero-order chi connectivity index (χ0) is 11.1. The van der Waals surface area contributed by atoms with E-state index in [0.29, 0.717) is 17.7 Å². The Morgan fingerprint density at radius 3 is 2.56 bits per heavy atom. The molecule has 7 heteroatoms. The Balaban J connectivity index is 0.00000128. The van der Waals surface area contributed by atoms with Gasteiger partial charge in [-0.25, -0.2) is 8.42 Å². The summed E-state index contributed by atoms with van der Waals surface area (Å²) in [6, 6.07) is 3.72. The molecule has 0 N–H and O–H groups in total. The molecule has 0 radical (unpaired) electrons. The molecule has 0 spiro atoms. The molecule has 1 aromatic carbocycles. The van der Waals surface area contributed by atoms with Crippen LogP contribution < -0.4 is 56.1 Å². The van der Waals surface area contributed by atoms with Crippen molar-refractivity contribution in [3.63, 3.8) is 0 Å². The Labute approximate surface area is 135 Å². The van der Waals surface area contributed by atoms with Gasteiger partial charge in [-0.1, -0.05) is 0 Å². The van der Waals surface area contributed by atoms with Crippen LogP contribution in [0.2, 0.25) is 0 Å². The molecule has 0 aliphatic carbocycles. The number of carbonyl (C=O) groups is 1. The van der Waals surface area contributed by atoms with E-state index in [1.165, 1.54) is 12.1 Å². The predicted octanol–water partition coefficient (Wildman–Crippen LogP) is -2.55. The van der Waals surface area contributed by atoms with Crippen LogP contribution in [-0.4, -0.2) is 18.9 Å². The van der Waals surface area contributed by atoms with Gasteiger partial charge in [0.25, 0.3) is 0 Å². The Morgan fingerprint density at radius 1 is 1.25 bits per heavy atom. The molecule has 0 fully saturated rings. The SMILES string of the molecule is O=C1CCc2cc(S(=O)(=O)[O-])ccc2O1.[K+]. The first-order chi connectivity index (χ1) is 6.97. The number of fused-ring (bicyclic) bond motifs is 1. The van der Waals surface area contributed by atoms with E-state index in [4.69, 9.17) is 4.74 Å². The molecule has 0 atom stereocenters. The predicted molar refractivity (Wildman–Crippen MR) is 48.4 cm³/mol. The minimum atomic E-state index is -4.44. The summed E-state index contributed by atoms with van der Waals surface area (Å²) in [4.78, 5) is 10.6. The third-order valence-corrected chi connectivity index (χ3v) is 2.97. The van der Waals surface area contributed by atoms with E-state index in [1.807, 2.05) is 0 Å². The molecule has 0 bridgehead atoms. The molecular weight excluding hydrogens is 259 g/mol. The van der Waals surface area contributed by atoms with Crippen LogP contribution in [0, 0.1) is 0 Å². The van der Waals surface area contributed by atoms with Gasteiger partial charge in [-0.2, -0.15) is 0 Å². The first-order valence-electron chi connectivity index (χ1n) is 4.26. The summed E-state index contributed by atoms with van der Waals surface area (Å²) in [5.74, 6) is -0.0149. The average Bonchev–Trinajstić information content (AvgIpc) is 2.15. The average molecular weight is 266 g/mol. The fraction of sp³-hybridized carbons (Fsp3) is 0.222. The molecule has 0 saturated carbocycles. The fourth-order valence-electron chi connectivity index (χ4n) is 1.42. The minimum Gasteiger partial charge on any atom is -0.744 e. The first-order valence-corrected chi connectivity index (χ1v) is 5.67. The van der Waals surface area contributed by atoms with Crippen molar-refractivity contribution in [1.29, 1.82) is 0 Å². The molecule has 0 saturated heterocycles. The zero-order valence-corrected chi connectivity index (χ0v) is 12.5. The minimum absolute atomic E-state index is 0. The Bertz CT molecular complexity index is 523. The molecule has 5 nitrogen and oxygen atoms in total. The molecule has 0 aromatic heterocycles. The van der Waals surface area contributed by atoms with Gasteiger partial charge in [0.1, 0.15) is 15.9 Å². The topological polar surface area (TPSA) is 83.5 Å². The summed E-state index contributed by atoms with van der Waals surface area (Å²) in [5.41, 5.74) is 0.575. The number of hydrogen-bond acceptors (Lipinski definition) is 5. The monoisotopic (exact) mass is 266 g/mol. The van der Waals surface area contributed by atoms with E-state index >= 15 is 0 Å². The first kappa shape index (κ1) is 14.3. The number of ether oxygens (including phenoxy) is 1. The molecule has 1 heterocycles. The van der Waals surface area contributed by atoms with Crippen LogP contribution >= 0.6 is 0 Å². The molecule has 0 amide bonds. The number of hydrogen-bond donors (Lipinski definition) is 0. The third-order valence-electron chi connectivity index (χ3n) is 2.14. The van der Waals surface area contributed by atoms with Crippen molar-refractivity contribution < 1.29 is 73.9 Å². The number of aryl methyl sites for hydroxylation is 1. The van der Waals surface area contributed by atoms with Gasteiger partial charge in [0, 0.05) is 0 Å². The number of carbonyl (C=O) groups excluding carboxylic acids is 1. The van der Waals surface area contributed by atoms with Gasteiger partial charge in [0.2, 0.25) is 0 Å². The second-order valence-electron chi connectivity index (χ2n) is 3.20. The molecule has 2 rings (SSSR count). The van der Waals surface area contributed by atoms with Crippen molar-refractivity contribution in [2.24, 2.45) is 0 Å². The van der Waals surface area contributed by atoms with Crippen LogP contribution in [0.25, 0.3) is 0 Å². The van der Waals surface area contributed by atoms with Gasteiger partial charge in [0.15, 0.2) is 0 Å². The van der Waals surface area contributed by atoms with Gasteiger partial charge < -0.3 is 9.29 Å². The maximum atomic E-state index is 10.9. The van der Waals surface area contributed by atoms with Gasteiger partial charge in [-0.15, -0.1) is 0 Å². The standard InChI is InChI=1S/C9H8O5S.K/c10-9-4-1-6-5-7(15(11,12)13)2-3-8(6)14-9;/h2-3,5H,1,4H2,(H,11,12,13);/q;+1/p-1. The summed E-state index contributed by atoms with van der Waals surface area (Å²) in [6.07, 6.45) is 0.604. The van der Waals surface area contributed by atoms with Gasteiger partial charge >= 0.3 is 57.4 Å². The smallest absolute Gasteiger partial charge is 0.744 e. The molecule has 80 valence electrons. The maximum Gasteiger partial charge on any atom is 1.00 e. The molecule has 1 aromatic rings. The van der Waals surface area contributed by atoms with Gasteiger partial charge in [-0.3, -0.25) is 4.79 Å². The number of benzene rings is 1. The zero-order valence-electron chi connectivity index (χ0n) is 8.60. The summed E-state index contributed by atoms with van der Waals surface area (Å²) in [6.45, 7) is 0. The van der Waals surface area contributed by atoms with Crippen molar-refractivity contribution in [1.82, 2.24) is 0 Å². The summed E-state index contributed by atoms with van der Waals surface area (Å²) in [7, 11) is -4.44. The van der Waals surface area contributed by atoms with Crippen molar-refractivity contribution in [3.05, 3.63) is 23.8 Å². The van der Waals surface area contributed by atoms with Crippen LogP contribution in [0.1, 0.15) is 12.0 Å². The van der Waals surface area contributed by atoms with Crippen LogP contribution in [0.4, 0.5) is 0 Å². The van der Waals surface area contributed by atoms with E-state index < -0.39 is 10.1 Å². The molecule has 1 aliphatic rings. The van der Waals surface area contributed by atoms with E-state index in [-0.39, 0.29) is 68.7 Å². The Morgan fingerprint density at radius 2 is 1.94 bits per heavy atom. The number of esters is 1. The maximum absolute atomic E-state index is 10.9. The van der Waals surface area contributed by atoms with Crippen molar-refractivity contribution >= 4 is 16.1 Å². The van der Waals surface area contributed by atoms with Crippen molar-refractivity contribution in [2.75, 3.05) is 0 Å². The fourth-order valence-corrected chi connectivity index (χ4v) is 1.94.